The number of fused-ring (bicyclic) bond motifs is 6. The summed E-state index contributed by atoms with van der Waals surface area (Å²) in [5, 5.41) is 2.16. The van der Waals surface area contributed by atoms with Crippen molar-refractivity contribution in [2.24, 2.45) is 0 Å². The van der Waals surface area contributed by atoms with E-state index in [2.05, 4.69) is 22.7 Å². The second kappa shape index (κ2) is 3.28. The molecular weight excluding hydrogens is 249 g/mol. The van der Waals surface area contributed by atoms with E-state index in [4.69, 9.17) is 0 Å². The zero-order valence-electron chi connectivity index (χ0n) is 10.6. The van der Waals surface area contributed by atoms with Gasteiger partial charge < -0.3 is 4.40 Å². The fourth-order valence-electron chi connectivity index (χ4n) is 3.44. The van der Waals surface area contributed by atoms with E-state index in [1.54, 1.807) is 12.1 Å². The first-order valence-electron chi connectivity index (χ1n) is 6.67. The molecule has 0 saturated heterocycles. The monoisotopic (exact) mass is 259 g/mol. The topological polar surface area (TPSA) is 4.41 Å². The molecule has 1 aliphatic rings. The van der Waals surface area contributed by atoms with Gasteiger partial charge in [-0.05, 0) is 35.4 Å². The Bertz CT molecular complexity index is 1010. The van der Waals surface area contributed by atoms with Crippen LogP contribution in [0.5, 0.6) is 0 Å². The van der Waals surface area contributed by atoms with Crippen LogP contribution in [-0.2, 0) is 0 Å². The standard InChI is InChI=1S/C18H10FN/c19-11-9-14-12-5-1-2-6-13(12)18-17(14)15(10-11)16-7-3-4-8-20(16)18/h1-10H. The Morgan fingerprint density at radius 1 is 0.800 bits per heavy atom. The molecule has 0 unspecified atom stereocenters. The highest BCUT2D eigenvalue weighted by Gasteiger charge is 2.26. The Hall–Kier alpha value is -2.61. The maximum absolute atomic E-state index is 14.0. The zero-order chi connectivity index (χ0) is 13.3. The molecule has 1 aliphatic carbocycles. The van der Waals surface area contributed by atoms with E-state index in [9.17, 15) is 4.39 Å². The molecule has 20 heavy (non-hydrogen) atoms. The van der Waals surface area contributed by atoms with Crippen LogP contribution in [0.3, 0.4) is 0 Å². The molecule has 4 aromatic rings. The first-order chi connectivity index (χ1) is 9.84. The molecule has 0 fully saturated rings. The average Bonchev–Trinajstić information content (AvgIpc) is 2.98. The van der Waals surface area contributed by atoms with Crippen molar-refractivity contribution in [2.45, 2.75) is 0 Å². The van der Waals surface area contributed by atoms with Gasteiger partial charge >= 0.3 is 0 Å². The lowest BCUT2D eigenvalue weighted by molar-refractivity contribution is 0.630. The number of hydrogen-bond acceptors (Lipinski definition) is 0. The summed E-state index contributed by atoms with van der Waals surface area (Å²) in [5.41, 5.74) is 5.56. The van der Waals surface area contributed by atoms with Crippen molar-refractivity contribution in [3.8, 4) is 22.4 Å². The predicted molar refractivity (Wildman–Crippen MR) is 79.3 cm³/mol. The van der Waals surface area contributed by atoms with Crippen molar-refractivity contribution in [1.29, 1.82) is 0 Å². The number of hydrogen-bond donors (Lipinski definition) is 0. The van der Waals surface area contributed by atoms with Gasteiger partial charge in [0.05, 0.1) is 11.2 Å². The van der Waals surface area contributed by atoms with Gasteiger partial charge in [0.2, 0.25) is 0 Å². The second-order valence-electron chi connectivity index (χ2n) is 5.23. The SMILES string of the molecule is Fc1cc2c3c(n4ccccc4c3c1)-c1ccccc1-2. The fraction of sp³-hybridized carbons (Fsp3) is 0. The van der Waals surface area contributed by atoms with E-state index in [0.717, 1.165) is 22.0 Å². The molecule has 2 heterocycles. The summed E-state index contributed by atoms with van der Waals surface area (Å²) >= 11 is 0. The molecule has 5 rings (SSSR count). The Morgan fingerprint density at radius 3 is 2.50 bits per heavy atom. The minimum Gasteiger partial charge on any atom is -0.315 e. The van der Waals surface area contributed by atoms with Gasteiger partial charge in [0.1, 0.15) is 5.82 Å². The summed E-state index contributed by atoms with van der Waals surface area (Å²) in [6.07, 6.45) is 2.05. The molecule has 0 aliphatic heterocycles. The van der Waals surface area contributed by atoms with Crippen LogP contribution in [0.2, 0.25) is 0 Å². The number of benzene rings is 2. The van der Waals surface area contributed by atoms with Crippen molar-refractivity contribution in [2.75, 3.05) is 0 Å². The third-order valence-electron chi connectivity index (χ3n) is 4.19. The lowest BCUT2D eigenvalue weighted by Crippen LogP contribution is -1.86. The molecule has 0 atom stereocenters. The van der Waals surface area contributed by atoms with E-state index in [-0.39, 0.29) is 5.82 Å². The average molecular weight is 259 g/mol. The Morgan fingerprint density at radius 2 is 1.60 bits per heavy atom. The minimum absolute atomic E-state index is 0.174. The molecule has 2 heteroatoms. The van der Waals surface area contributed by atoms with Crippen molar-refractivity contribution in [3.63, 3.8) is 0 Å². The van der Waals surface area contributed by atoms with E-state index < -0.39 is 0 Å². The third-order valence-corrected chi connectivity index (χ3v) is 4.19. The van der Waals surface area contributed by atoms with E-state index in [1.165, 1.54) is 16.6 Å². The summed E-state index contributed by atoms with van der Waals surface area (Å²) in [6.45, 7) is 0. The molecule has 2 aromatic carbocycles. The largest absolute Gasteiger partial charge is 0.315 e. The first-order valence-corrected chi connectivity index (χ1v) is 6.67. The summed E-state index contributed by atoms with van der Waals surface area (Å²) in [4.78, 5) is 0. The number of pyridine rings is 1. The normalized spacial score (nSPS) is 12.2. The number of halogens is 1. The highest BCUT2D eigenvalue weighted by molar-refractivity contribution is 6.19. The number of rotatable bonds is 0. The van der Waals surface area contributed by atoms with Crippen LogP contribution >= 0.6 is 0 Å². The van der Waals surface area contributed by atoms with Crippen molar-refractivity contribution < 1.29 is 4.39 Å². The molecule has 0 N–H and O–H groups in total. The van der Waals surface area contributed by atoms with Crippen LogP contribution in [-0.4, -0.2) is 4.40 Å². The Labute approximate surface area is 114 Å². The van der Waals surface area contributed by atoms with Gasteiger partial charge in [-0.15, -0.1) is 0 Å². The highest BCUT2D eigenvalue weighted by Crippen LogP contribution is 2.49. The Balaban J connectivity index is 2.16. The Kier molecular flexibility index (Phi) is 1.68. The summed E-state index contributed by atoms with van der Waals surface area (Å²) in [6, 6.07) is 17.6. The molecule has 0 spiro atoms. The lowest BCUT2D eigenvalue weighted by Gasteiger charge is -2.05. The van der Waals surface area contributed by atoms with Crippen LogP contribution < -0.4 is 0 Å². The maximum atomic E-state index is 14.0. The molecule has 94 valence electrons. The molecule has 0 radical (unpaired) electrons. The number of aromatic nitrogens is 1. The van der Waals surface area contributed by atoms with Gasteiger partial charge in [0.25, 0.3) is 0 Å². The van der Waals surface area contributed by atoms with Crippen LogP contribution in [0.4, 0.5) is 4.39 Å². The lowest BCUT2D eigenvalue weighted by atomic mass is 10.0. The quantitative estimate of drug-likeness (QED) is 0.373. The van der Waals surface area contributed by atoms with Crippen LogP contribution in [0.15, 0.2) is 60.8 Å². The molecule has 2 aromatic heterocycles. The molecule has 0 bridgehead atoms. The highest BCUT2D eigenvalue weighted by atomic mass is 19.1. The molecular formula is C18H10FN. The van der Waals surface area contributed by atoms with E-state index in [1.807, 2.05) is 30.3 Å². The third kappa shape index (κ3) is 1.04. The second-order valence-corrected chi connectivity index (χ2v) is 5.23. The van der Waals surface area contributed by atoms with Gasteiger partial charge in [0.15, 0.2) is 0 Å². The van der Waals surface area contributed by atoms with Crippen LogP contribution in [0, 0.1) is 5.82 Å². The van der Waals surface area contributed by atoms with Crippen LogP contribution in [0.1, 0.15) is 0 Å². The van der Waals surface area contributed by atoms with Gasteiger partial charge in [0, 0.05) is 22.5 Å². The fourth-order valence-corrected chi connectivity index (χ4v) is 3.44. The number of nitrogens with zero attached hydrogens (tertiary/aromatic N) is 1. The smallest absolute Gasteiger partial charge is 0.124 e. The molecule has 0 saturated carbocycles. The molecule has 1 nitrogen and oxygen atoms in total. The zero-order valence-corrected chi connectivity index (χ0v) is 10.6. The predicted octanol–water partition coefficient (Wildman–Crippen LogP) is 4.88. The maximum Gasteiger partial charge on any atom is 0.124 e. The van der Waals surface area contributed by atoms with Crippen molar-refractivity contribution >= 4 is 16.3 Å². The van der Waals surface area contributed by atoms with Gasteiger partial charge in [-0.25, -0.2) is 4.39 Å². The van der Waals surface area contributed by atoms with Gasteiger partial charge in [-0.1, -0.05) is 30.3 Å². The van der Waals surface area contributed by atoms with Crippen LogP contribution in [0.25, 0.3) is 38.7 Å². The van der Waals surface area contributed by atoms with E-state index in [0.29, 0.717) is 0 Å². The first kappa shape index (κ1) is 10.2. The van der Waals surface area contributed by atoms with Gasteiger partial charge in [-0.3, -0.25) is 0 Å². The summed E-state index contributed by atoms with van der Waals surface area (Å²) in [5.74, 6) is -0.174. The van der Waals surface area contributed by atoms with Crippen molar-refractivity contribution in [3.05, 3.63) is 66.6 Å². The minimum atomic E-state index is -0.174. The van der Waals surface area contributed by atoms with Crippen molar-refractivity contribution in [1.82, 2.24) is 4.40 Å². The van der Waals surface area contributed by atoms with Gasteiger partial charge in [-0.2, -0.15) is 0 Å². The summed E-state index contributed by atoms with van der Waals surface area (Å²) < 4.78 is 16.2. The summed E-state index contributed by atoms with van der Waals surface area (Å²) in [7, 11) is 0. The van der Waals surface area contributed by atoms with E-state index >= 15 is 0 Å². The molecule has 0 amide bonds.